The number of benzene rings is 1. The molecule has 5 nitrogen and oxygen atoms in total. The molecule has 0 aliphatic carbocycles. The molecule has 0 aromatic heterocycles. The summed E-state index contributed by atoms with van der Waals surface area (Å²) < 4.78 is 9.57. The smallest absolute Gasteiger partial charge is 0.309 e. The van der Waals surface area contributed by atoms with E-state index in [0.29, 0.717) is 22.7 Å². The van der Waals surface area contributed by atoms with Gasteiger partial charge in [0.15, 0.2) is 0 Å². The molecule has 0 unspecified atom stereocenters. The summed E-state index contributed by atoms with van der Waals surface area (Å²) >= 11 is 0. The van der Waals surface area contributed by atoms with E-state index in [-0.39, 0.29) is 12.4 Å². The molecule has 82 valence electrons. The number of carbonyl (C=O) groups excluding carboxylic acids is 1. The number of nitrogens with two attached hydrogens (primary N) is 2. The molecular weight excluding hydrogens is 196 g/mol. The molecule has 0 aliphatic heterocycles. The molecule has 1 aromatic rings. The molecule has 15 heavy (non-hydrogen) atoms. The van der Waals surface area contributed by atoms with Gasteiger partial charge in [0, 0.05) is 0 Å². The van der Waals surface area contributed by atoms with Crippen molar-refractivity contribution < 1.29 is 14.3 Å². The Kier molecular flexibility index (Phi) is 3.38. The number of rotatable bonds is 3. The van der Waals surface area contributed by atoms with E-state index in [1.54, 1.807) is 12.1 Å². The van der Waals surface area contributed by atoms with E-state index in [1.807, 2.05) is 0 Å². The van der Waals surface area contributed by atoms with Crippen molar-refractivity contribution in [2.75, 3.05) is 25.7 Å². The van der Waals surface area contributed by atoms with E-state index in [2.05, 4.69) is 4.74 Å². The fourth-order valence-corrected chi connectivity index (χ4v) is 1.22. The molecule has 0 amide bonds. The van der Waals surface area contributed by atoms with Gasteiger partial charge in [-0.1, -0.05) is 0 Å². The van der Waals surface area contributed by atoms with Crippen LogP contribution in [0.1, 0.15) is 5.56 Å². The Morgan fingerprint density at radius 1 is 1.33 bits per heavy atom. The first-order chi connectivity index (χ1) is 7.08. The van der Waals surface area contributed by atoms with Crippen LogP contribution in [0.2, 0.25) is 0 Å². The fourth-order valence-electron chi connectivity index (χ4n) is 1.22. The summed E-state index contributed by atoms with van der Waals surface area (Å²) in [5, 5.41) is 0. The lowest BCUT2D eigenvalue weighted by molar-refractivity contribution is -0.139. The zero-order valence-corrected chi connectivity index (χ0v) is 8.74. The fraction of sp³-hybridized carbons (Fsp3) is 0.300. The first kappa shape index (κ1) is 11.2. The second-order valence-electron chi connectivity index (χ2n) is 3.05. The summed E-state index contributed by atoms with van der Waals surface area (Å²) in [5.41, 5.74) is 12.8. The summed E-state index contributed by atoms with van der Waals surface area (Å²) in [7, 11) is 2.83. The maximum absolute atomic E-state index is 11.0. The number of hydrogen-bond acceptors (Lipinski definition) is 5. The van der Waals surface area contributed by atoms with Crippen molar-refractivity contribution in [1.29, 1.82) is 0 Å². The van der Waals surface area contributed by atoms with Gasteiger partial charge >= 0.3 is 5.97 Å². The Balaban J connectivity index is 3.00. The monoisotopic (exact) mass is 210 g/mol. The average molecular weight is 210 g/mol. The Bertz CT molecular complexity index is 377. The summed E-state index contributed by atoms with van der Waals surface area (Å²) in [4.78, 5) is 11.0. The van der Waals surface area contributed by atoms with Crippen molar-refractivity contribution in [2.45, 2.75) is 6.42 Å². The topological polar surface area (TPSA) is 87.6 Å². The van der Waals surface area contributed by atoms with Crippen molar-refractivity contribution in [1.82, 2.24) is 0 Å². The molecular formula is C10H14N2O3. The van der Waals surface area contributed by atoms with Crippen LogP contribution in [-0.2, 0) is 16.0 Å². The Morgan fingerprint density at radius 3 is 2.53 bits per heavy atom. The summed E-state index contributed by atoms with van der Waals surface area (Å²) in [5.74, 6) is 0.134. The molecule has 0 spiro atoms. The van der Waals surface area contributed by atoms with Crippen molar-refractivity contribution in [2.24, 2.45) is 0 Å². The molecule has 0 saturated carbocycles. The minimum Gasteiger partial charge on any atom is -0.495 e. The molecule has 0 radical (unpaired) electrons. The highest BCUT2D eigenvalue weighted by Gasteiger charge is 2.09. The normalized spacial score (nSPS) is 9.73. The highest BCUT2D eigenvalue weighted by molar-refractivity contribution is 5.77. The van der Waals surface area contributed by atoms with E-state index < -0.39 is 0 Å². The molecule has 5 heteroatoms. The first-order valence-corrected chi connectivity index (χ1v) is 4.37. The van der Waals surface area contributed by atoms with Crippen molar-refractivity contribution >= 4 is 17.3 Å². The minimum absolute atomic E-state index is 0.150. The number of hydrogen-bond donors (Lipinski definition) is 2. The van der Waals surface area contributed by atoms with E-state index in [1.165, 1.54) is 14.2 Å². The third kappa shape index (κ3) is 2.52. The lowest BCUT2D eigenvalue weighted by Crippen LogP contribution is -2.06. The van der Waals surface area contributed by atoms with Crippen molar-refractivity contribution in [3.05, 3.63) is 17.7 Å². The number of carbonyl (C=O) groups is 1. The zero-order valence-electron chi connectivity index (χ0n) is 8.74. The van der Waals surface area contributed by atoms with Crippen LogP contribution in [0, 0.1) is 0 Å². The predicted molar refractivity (Wildman–Crippen MR) is 57.5 cm³/mol. The molecule has 1 aromatic carbocycles. The van der Waals surface area contributed by atoms with E-state index >= 15 is 0 Å². The van der Waals surface area contributed by atoms with Crippen molar-refractivity contribution in [3.8, 4) is 5.75 Å². The van der Waals surface area contributed by atoms with Crippen LogP contribution < -0.4 is 16.2 Å². The van der Waals surface area contributed by atoms with E-state index in [9.17, 15) is 4.79 Å². The molecule has 0 saturated heterocycles. The number of methoxy groups -OCH3 is 2. The number of esters is 1. The summed E-state index contributed by atoms with van der Waals surface area (Å²) in [6, 6.07) is 3.30. The van der Waals surface area contributed by atoms with Gasteiger partial charge in [0.2, 0.25) is 0 Å². The Labute approximate surface area is 88.0 Å². The van der Waals surface area contributed by atoms with Crippen LogP contribution >= 0.6 is 0 Å². The van der Waals surface area contributed by atoms with Crippen LogP contribution in [0.5, 0.6) is 5.75 Å². The molecule has 0 bridgehead atoms. The van der Waals surface area contributed by atoms with Gasteiger partial charge in [-0.15, -0.1) is 0 Å². The zero-order chi connectivity index (χ0) is 11.4. The highest BCUT2D eigenvalue weighted by Crippen LogP contribution is 2.29. The van der Waals surface area contributed by atoms with Crippen LogP contribution in [0.25, 0.3) is 0 Å². The van der Waals surface area contributed by atoms with Crippen LogP contribution in [0.3, 0.4) is 0 Å². The van der Waals surface area contributed by atoms with Crippen LogP contribution in [-0.4, -0.2) is 20.2 Å². The van der Waals surface area contributed by atoms with Gasteiger partial charge in [-0.3, -0.25) is 4.79 Å². The lowest BCUT2D eigenvalue weighted by Gasteiger charge is -2.09. The van der Waals surface area contributed by atoms with Crippen LogP contribution in [0.4, 0.5) is 11.4 Å². The van der Waals surface area contributed by atoms with E-state index in [4.69, 9.17) is 16.2 Å². The second kappa shape index (κ2) is 4.54. The number of nitrogen functional groups attached to an aromatic ring is 2. The van der Waals surface area contributed by atoms with Gasteiger partial charge in [-0.25, -0.2) is 0 Å². The van der Waals surface area contributed by atoms with Gasteiger partial charge in [-0.2, -0.15) is 0 Å². The third-order valence-corrected chi connectivity index (χ3v) is 2.03. The van der Waals surface area contributed by atoms with Gasteiger partial charge in [0.1, 0.15) is 5.75 Å². The average Bonchev–Trinajstić information content (AvgIpc) is 2.22. The predicted octanol–water partition coefficient (Wildman–Crippen LogP) is 0.575. The van der Waals surface area contributed by atoms with E-state index in [0.717, 1.165) is 0 Å². The molecule has 0 atom stereocenters. The molecule has 4 N–H and O–H groups in total. The quantitative estimate of drug-likeness (QED) is 0.562. The third-order valence-electron chi connectivity index (χ3n) is 2.03. The lowest BCUT2D eigenvalue weighted by atomic mass is 10.1. The largest absolute Gasteiger partial charge is 0.495 e. The SMILES string of the molecule is COC(=O)Cc1cc(N)c(N)c(OC)c1. The van der Waals surface area contributed by atoms with Gasteiger partial charge in [-0.05, 0) is 17.7 Å². The Morgan fingerprint density at radius 2 is 2.00 bits per heavy atom. The molecule has 1 rings (SSSR count). The minimum atomic E-state index is -0.332. The standard InChI is InChI=1S/C10H14N2O3/c1-14-8-4-6(5-9(13)15-2)3-7(11)10(8)12/h3-4H,5,11-12H2,1-2H3. The van der Waals surface area contributed by atoms with Gasteiger partial charge in [0.05, 0.1) is 32.0 Å². The Hall–Kier alpha value is -1.91. The number of anilines is 2. The summed E-state index contributed by atoms with van der Waals surface area (Å²) in [6.45, 7) is 0. The highest BCUT2D eigenvalue weighted by atomic mass is 16.5. The first-order valence-electron chi connectivity index (χ1n) is 4.37. The van der Waals surface area contributed by atoms with Gasteiger partial charge < -0.3 is 20.9 Å². The molecule has 0 fully saturated rings. The maximum atomic E-state index is 11.0. The van der Waals surface area contributed by atoms with Crippen LogP contribution in [0.15, 0.2) is 12.1 Å². The van der Waals surface area contributed by atoms with Gasteiger partial charge in [0.25, 0.3) is 0 Å². The number of ether oxygens (including phenoxy) is 2. The second-order valence-corrected chi connectivity index (χ2v) is 3.05. The molecule has 0 heterocycles. The van der Waals surface area contributed by atoms with Crippen molar-refractivity contribution in [3.63, 3.8) is 0 Å². The summed E-state index contributed by atoms with van der Waals surface area (Å²) in [6.07, 6.45) is 0.150. The maximum Gasteiger partial charge on any atom is 0.309 e. The molecule has 0 aliphatic rings.